The Labute approximate surface area is 199 Å². The second-order valence-electron chi connectivity index (χ2n) is 9.23. The van der Waals surface area contributed by atoms with E-state index in [1.54, 1.807) is 30.5 Å². The maximum Gasteiger partial charge on any atom is 0.573 e. The van der Waals surface area contributed by atoms with Crippen LogP contribution in [0.1, 0.15) is 41.6 Å². The molecule has 182 valence electrons. The molecule has 3 aromatic rings. The third kappa shape index (κ3) is 4.26. The number of fused-ring (bicyclic) bond motifs is 2. The molecule has 0 aliphatic heterocycles. The van der Waals surface area contributed by atoms with Crippen LogP contribution in [-0.2, 0) is 5.41 Å². The average Bonchev–Trinajstić information content (AvgIpc) is 3.04. The van der Waals surface area contributed by atoms with E-state index < -0.39 is 23.5 Å². The number of para-hydroxylation sites is 1. The predicted molar refractivity (Wildman–Crippen MR) is 124 cm³/mol. The van der Waals surface area contributed by atoms with Gasteiger partial charge in [-0.2, -0.15) is 0 Å². The summed E-state index contributed by atoms with van der Waals surface area (Å²) in [6, 6.07) is 10.2. The Bertz CT molecular complexity index is 1310. The first-order valence-corrected chi connectivity index (χ1v) is 11.3. The standard InChI is InChI=1S/C26H23F3N2O4/c27-26(28,29)35-17-7-8-21-19(11-17)23(31-22-4-2-1-3-18(22)24(33)34)20(14-30-21)25(9-10-32)12-15-5-6-16(15)13-25/h1-4,7-11,14-16,32H,5-6,12-13H2,(H,30,31)(H,33,34)/b10-9-. The van der Waals surface area contributed by atoms with Gasteiger partial charge in [-0.1, -0.05) is 12.1 Å². The summed E-state index contributed by atoms with van der Waals surface area (Å²) in [7, 11) is 0. The molecule has 0 spiro atoms. The first kappa shape index (κ1) is 23.0. The molecule has 35 heavy (non-hydrogen) atoms. The van der Waals surface area contributed by atoms with Crippen LogP contribution in [0.25, 0.3) is 10.9 Å². The number of halogens is 3. The number of nitrogens with zero attached hydrogens (tertiary/aromatic N) is 1. The smallest absolute Gasteiger partial charge is 0.516 e. The van der Waals surface area contributed by atoms with Gasteiger partial charge >= 0.3 is 12.3 Å². The van der Waals surface area contributed by atoms with Crippen molar-refractivity contribution in [2.24, 2.45) is 11.8 Å². The Balaban J connectivity index is 1.73. The van der Waals surface area contributed by atoms with Crippen molar-refractivity contribution in [2.75, 3.05) is 5.32 Å². The van der Waals surface area contributed by atoms with Crippen molar-refractivity contribution in [2.45, 2.75) is 37.5 Å². The van der Waals surface area contributed by atoms with Crippen molar-refractivity contribution >= 4 is 28.2 Å². The summed E-state index contributed by atoms with van der Waals surface area (Å²) in [4.78, 5) is 16.4. The molecule has 0 radical (unpaired) electrons. The van der Waals surface area contributed by atoms with Gasteiger partial charge in [0.2, 0.25) is 0 Å². The molecule has 2 atom stereocenters. The van der Waals surface area contributed by atoms with E-state index in [1.165, 1.54) is 24.3 Å². The Kier molecular flexibility index (Phi) is 5.57. The number of benzene rings is 2. The van der Waals surface area contributed by atoms with Gasteiger partial charge in [0, 0.05) is 22.6 Å². The normalized spacial score (nSPS) is 23.7. The van der Waals surface area contributed by atoms with Gasteiger partial charge in [0.1, 0.15) is 5.75 Å². The van der Waals surface area contributed by atoms with E-state index in [9.17, 15) is 28.2 Å². The molecule has 2 aliphatic rings. The zero-order valence-electron chi connectivity index (χ0n) is 18.5. The van der Waals surface area contributed by atoms with Gasteiger partial charge in [-0.05, 0) is 73.9 Å². The number of carboxylic acid groups (broad SMARTS) is 1. The summed E-state index contributed by atoms with van der Waals surface area (Å²) in [5.41, 5.74) is 1.26. The van der Waals surface area contributed by atoms with Gasteiger partial charge in [-0.15, -0.1) is 13.2 Å². The fourth-order valence-electron chi connectivity index (χ4n) is 5.58. The highest BCUT2D eigenvalue weighted by Gasteiger charge is 2.50. The Morgan fingerprint density at radius 3 is 2.49 bits per heavy atom. The average molecular weight is 484 g/mol. The number of rotatable bonds is 6. The van der Waals surface area contributed by atoms with Gasteiger partial charge < -0.3 is 20.3 Å². The lowest BCUT2D eigenvalue weighted by atomic mass is 9.77. The fourth-order valence-corrected chi connectivity index (χ4v) is 5.58. The van der Waals surface area contributed by atoms with Crippen molar-refractivity contribution in [3.63, 3.8) is 0 Å². The minimum absolute atomic E-state index is 0.0179. The molecule has 6 nitrogen and oxygen atoms in total. The molecule has 2 aromatic carbocycles. The minimum atomic E-state index is -4.87. The molecule has 2 aliphatic carbocycles. The van der Waals surface area contributed by atoms with Crippen molar-refractivity contribution in [1.29, 1.82) is 0 Å². The first-order valence-electron chi connectivity index (χ1n) is 11.3. The summed E-state index contributed by atoms with van der Waals surface area (Å²) in [5, 5.41) is 23.0. The van der Waals surface area contributed by atoms with E-state index in [2.05, 4.69) is 15.0 Å². The summed E-state index contributed by atoms with van der Waals surface area (Å²) < 4.78 is 43.0. The van der Waals surface area contributed by atoms with Crippen LogP contribution in [0.15, 0.2) is 61.0 Å². The van der Waals surface area contributed by atoms with Crippen LogP contribution in [0, 0.1) is 11.8 Å². The molecule has 0 bridgehead atoms. The number of anilines is 2. The summed E-state index contributed by atoms with van der Waals surface area (Å²) in [6.07, 6.45) is 3.22. The largest absolute Gasteiger partial charge is 0.573 e. The predicted octanol–water partition coefficient (Wildman–Crippen LogP) is 6.70. The number of aromatic nitrogens is 1. The van der Waals surface area contributed by atoms with Crippen LogP contribution >= 0.6 is 0 Å². The highest BCUT2D eigenvalue weighted by atomic mass is 19.4. The van der Waals surface area contributed by atoms with Gasteiger partial charge in [-0.25, -0.2) is 4.79 Å². The number of carbonyl (C=O) groups is 1. The Morgan fingerprint density at radius 1 is 1.14 bits per heavy atom. The molecule has 3 N–H and O–H groups in total. The lowest BCUT2D eigenvalue weighted by molar-refractivity contribution is -0.274. The Hall–Kier alpha value is -3.75. The number of nitrogens with one attached hydrogen (secondary N) is 1. The number of hydrogen-bond acceptors (Lipinski definition) is 5. The summed E-state index contributed by atoms with van der Waals surface area (Å²) in [5.74, 6) is -0.573. The number of carboxylic acids is 1. The number of aliphatic hydroxyl groups is 1. The second kappa shape index (κ2) is 8.48. The third-order valence-corrected chi connectivity index (χ3v) is 7.25. The van der Waals surface area contributed by atoms with E-state index in [4.69, 9.17) is 0 Å². The maximum atomic E-state index is 13.0. The zero-order chi connectivity index (χ0) is 24.8. The Morgan fingerprint density at radius 2 is 1.86 bits per heavy atom. The van der Waals surface area contributed by atoms with E-state index >= 15 is 0 Å². The molecule has 9 heteroatoms. The third-order valence-electron chi connectivity index (χ3n) is 7.25. The van der Waals surface area contributed by atoms with Gasteiger partial charge in [-0.3, -0.25) is 4.98 Å². The molecular formula is C26H23F3N2O4. The van der Waals surface area contributed by atoms with Crippen molar-refractivity contribution in [1.82, 2.24) is 4.98 Å². The van der Waals surface area contributed by atoms with Gasteiger partial charge in [0.25, 0.3) is 0 Å². The summed E-state index contributed by atoms with van der Waals surface area (Å²) >= 11 is 0. The van der Waals surface area contributed by atoms with Crippen molar-refractivity contribution in [3.05, 3.63) is 72.1 Å². The van der Waals surface area contributed by atoms with Crippen LogP contribution in [0.4, 0.5) is 24.5 Å². The van der Waals surface area contributed by atoms with Crippen molar-refractivity contribution < 1.29 is 32.9 Å². The highest BCUT2D eigenvalue weighted by molar-refractivity contribution is 6.00. The number of hydrogen-bond donors (Lipinski definition) is 3. The lowest BCUT2D eigenvalue weighted by Gasteiger charge is -2.29. The van der Waals surface area contributed by atoms with E-state index in [0.717, 1.165) is 31.9 Å². The summed E-state index contributed by atoms with van der Waals surface area (Å²) in [6.45, 7) is 0. The molecule has 0 saturated heterocycles. The van der Waals surface area contributed by atoms with Crippen LogP contribution in [0.3, 0.4) is 0 Å². The van der Waals surface area contributed by atoms with Crippen molar-refractivity contribution in [3.8, 4) is 5.75 Å². The number of allylic oxidation sites excluding steroid dienone is 1. The topological polar surface area (TPSA) is 91.7 Å². The minimum Gasteiger partial charge on any atom is -0.516 e. The molecule has 2 saturated carbocycles. The van der Waals surface area contributed by atoms with Gasteiger partial charge in [0.15, 0.2) is 0 Å². The number of alkyl halides is 3. The van der Waals surface area contributed by atoms with E-state index in [1.807, 2.05) is 0 Å². The maximum absolute atomic E-state index is 13.0. The molecule has 0 amide bonds. The number of pyridine rings is 1. The SMILES string of the molecule is O=C(O)c1ccccc1Nc1c(C2(/C=C\O)CC3CCC3C2)cnc2ccc(OC(F)(F)F)cc12. The van der Waals surface area contributed by atoms with Crippen LogP contribution in [-0.4, -0.2) is 27.5 Å². The second-order valence-corrected chi connectivity index (χ2v) is 9.23. The number of ether oxygens (including phenoxy) is 1. The van der Waals surface area contributed by atoms with E-state index in [0.29, 0.717) is 39.7 Å². The molecular weight excluding hydrogens is 461 g/mol. The van der Waals surface area contributed by atoms with Crippen LogP contribution in [0.2, 0.25) is 0 Å². The molecule has 1 heterocycles. The molecule has 2 unspecified atom stereocenters. The molecule has 1 aromatic heterocycles. The highest BCUT2D eigenvalue weighted by Crippen LogP contribution is 2.58. The zero-order valence-corrected chi connectivity index (χ0v) is 18.5. The van der Waals surface area contributed by atoms with E-state index in [-0.39, 0.29) is 5.56 Å². The number of aromatic carboxylic acids is 1. The monoisotopic (exact) mass is 484 g/mol. The van der Waals surface area contributed by atoms with Gasteiger partial charge in [0.05, 0.1) is 28.7 Å². The molecule has 2 fully saturated rings. The van der Waals surface area contributed by atoms with Crippen LogP contribution < -0.4 is 10.1 Å². The number of aliphatic hydroxyl groups excluding tert-OH is 1. The quantitative estimate of drug-likeness (QED) is 0.337. The lowest BCUT2D eigenvalue weighted by Crippen LogP contribution is -2.22. The molecule has 5 rings (SSSR count). The fraction of sp³-hybridized carbons (Fsp3) is 0.308. The van der Waals surface area contributed by atoms with Crippen LogP contribution in [0.5, 0.6) is 5.75 Å². The first-order chi connectivity index (χ1) is 16.7.